The highest BCUT2D eigenvalue weighted by Crippen LogP contribution is 2.20. The summed E-state index contributed by atoms with van der Waals surface area (Å²) in [5, 5.41) is 16.7. The van der Waals surface area contributed by atoms with Gasteiger partial charge < -0.3 is 10.4 Å². The Kier molecular flexibility index (Phi) is 3.92. The molecule has 0 spiro atoms. The standard InChI is InChI=1S/C10H18BrN3O/c1-7-9(11)8(14(4)13-7)5-12-10(2,3)6-15/h12,15H,5-6H2,1-4H3. The van der Waals surface area contributed by atoms with Crippen LogP contribution in [0.1, 0.15) is 25.2 Å². The first-order valence-electron chi connectivity index (χ1n) is 4.91. The predicted molar refractivity (Wildman–Crippen MR) is 63.6 cm³/mol. The van der Waals surface area contributed by atoms with E-state index in [1.54, 1.807) is 0 Å². The lowest BCUT2D eigenvalue weighted by Gasteiger charge is -2.23. The molecule has 0 unspecified atom stereocenters. The minimum absolute atomic E-state index is 0.113. The molecule has 1 rings (SSSR count). The lowest BCUT2D eigenvalue weighted by atomic mass is 10.1. The van der Waals surface area contributed by atoms with Gasteiger partial charge in [0.25, 0.3) is 0 Å². The molecule has 0 saturated heterocycles. The summed E-state index contributed by atoms with van der Waals surface area (Å²) < 4.78 is 2.88. The molecule has 0 aromatic carbocycles. The van der Waals surface area contributed by atoms with Gasteiger partial charge in [-0.15, -0.1) is 0 Å². The lowest BCUT2D eigenvalue weighted by molar-refractivity contribution is 0.186. The maximum Gasteiger partial charge on any atom is 0.0739 e. The fourth-order valence-corrected chi connectivity index (χ4v) is 1.73. The van der Waals surface area contributed by atoms with Crippen LogP contribution in [0.25, 0.3) is 0 Å². The van der Waals surface area contributed by atoms with Crippen molar-refractivity contribution in [2.24, 2.45) is 7.05 Å². The van der Waals surface area contributed by atoms with Crippen molar-refractivity contribution in [3.8, 4) is 0 Å². The molecule has 0 fully saturated rings. The van der Waals surface area contributed by atoms with E-state index in [1.807, 2.05) is 32.5 Å². The van der Waals surface area contributed by atoms with Gasteiger partial charge in [0.2, 0.25) is 0 Å². The second-order valence-corrected chi connectivity index (χ2v) is 5.16. The molecule has 0 aliphatic heterocycles. The van der Waals surface area contributed by atoms with Gasteiger partial charge in [0.05, 0.1) is 22.5 Å². The van der Waals surface area contributed by atoms with Gasteiger partial charge in [-0.3, -0.25) is 4.68 Å². The van der Waals surface area contributed by atoms with Crippen LogP contribution < -0.4 is 5.32 Å². The van der Waals surface area contributed by atoms with Gasteiger partial charge >= 0.3 is 0 Å². The number of hydrogen-bond donors (Lipinski definition) is 2. The maximum absolute atomic E-state index is 9.12. The average molecular weight is 276 g/mol. The summed E-state index contributed by atoms with van der Waals surface area (Å²) in [5.74, 6) is 0. The van der Waals surface area contributed by atoms with Crippen molar-refractivity contribution in [1.29, 1.82) is 0 Å². The predicted octanol–water partition coefficient (Wildman–Crippen LogP) is 1.35. The topological polar surface area (TPSA) is 50.1 Å². The third-order valence-electron chi connectivity index (χ3n) is 2.39. The molecule has 15 heavy (non-hydrogen) atoms. The largest absolute Gasteiger partial charge is 0.394 e. The highest BCUT2D eigenvalue weighted by atomic mass is 79.9. The van der Waals surface area contributed by atoms with Crippen molar-refractivity contribution >= 4 is 15.9 Å². The fraction of sp³-hybridized carbons (Fsp3) is 0.700. The Morgan fingerprint density at radius 3 is 2.53 bits per heavy atom. The molecule has 1 aromatic rings. The monoisotopic (exact) mass is 275 g/mol. The average Bonchev–Trinajstić information content (AvgIpc) is 2.39. The van der Waals surface area contributed by atoms with Crippen molar-refractivity contribution in [2.75, 3.05) is 6.61 Å². The van der Waals surface area contributed by atoms with Crippen molar-refractivity contribution < 1.29 is 5.11 Å². The highest BCUT2D eigenvalue weighted by molar-refractivity contribution is 9.10. The van der Waals surface area contributed by atoms with Crippen molar-refractivity contribution in [3.63, 3.8) is 0 Å². The minimum atomic E-state index is -0.266. The molecule has 4 nitrogen and oxygen atoms in total. The molecular formula is C10H18BrN3O. The Balaban J connectivity index is 2.73. The Morgan fingerprint density at radius 1 is 1.53 bits per heavy atom. The molecule has 0 bridgehead atoms. The minimum Gasteiger partial charge on any atom is -0.394 e. The van der Waals surface area contributed by atoms with Crippen LogP contribution in [0.3, 0.4) is 0 Å². The van der Waals surface area contributed by atoms with Gasteiger partial charge in [-0.2, -0.15) is 5.10 Å². The summed E-state index contributed by atoms with van der Waals surface area (Å²) in [4.78, 5) is 0. The lowest BCUT2D eigenvalue weighted by Crippen LogP contribution is -2.42. The number of rotatable bonds is 4. The Morgan fingerprint density at radius 2 is 2.13 bits per heavy atom. The van der Waals surface area contributed by atoms with E-state index in [2.05, 4.69) is 26.3 Å². The van der Waals surface area contributed by atoms with Gasteiger partial charge in [-0.25, -0.2) is 0 Å². The summed E-state index contributed by atoms with van der Waals surface area (Å²) in [5.41, 5.74) is 1.81. The van der Waals surface area contributed by atoms with E-state index in [9.17, 15) is 0 Å². The fourth-order valence-electron chi connectivity index (χ4n) is 1.25. The summed E-state index contributed by atoms with van der Waals surface area (Å²) in [6.07, 6.45) is 0. The summed E-state index contributed by atoms with van der Waals surface area (Å²) in [7, 11) is 1.92. The maximum atomic E-state index is 9.12. The number of aryl methyl sites for hydroxylation is 2. The van der Waals surface area contributed by atoms with Gasteiger partial charge in [0.1, 0.15) is 0 Å². The van der Waals surface area contributed by atoms with Crippen molar-refractivity contribution in [3.05, 3.63) is 15.9 Å². The number of aromatic nitrogens is 2. The molecule has 0 saturated carbocycles. The molecule has 0 radical (unpaired) electrons. The first kappa shape index (κ1) is 12.7. The molecule has 0 atom stereocenters. The van der Waals surface area contributed by atoms with E-state index in [-0.39, 0.29) is 12.1 Å². The van der Waals surface area contributed by atoms with E-state index < -0.39 is 0 Å². The smallest absolute Gasteiger partial charge is 0.0739 e. The molecule has 0 aliphatic rings. The number of aliphatic hydroxyl groups is 1. The van der Waals surface area contributed by atoms with E-state index in [4.69, 9.17) is 5.11 Å². The molecule has 86 valence electrons. The number of halogens is 1. The van der Waals surface area contributed by atoms with E-state index >= 15 is 0 Å². The molecule has 0 aliphatic carbocycles. The van der Waals surface area contributed by atoms with Crippen LogP contribution in [-0.2, 0) is 13.6 Å². The molecule has 1 heterocycles. The molecule has 2 N–H and O–H groups in total. The van der Waals surface area contributed by atoms with Crippen LogP contribution in [0.5, 0.6) is 0 Å². The summed E-state index contributed by atoms with van der Waals surface area (Å²) in [6.45, 7) is 6.69. The SMILES string of the molecule is Cc1nn(C)c(CNC(C)(C)CO)c1Br. The van der Waals surface area contributed by atoms with Gasteiger partial charge in [-0.1, -0.05) is 0 Å². The second-order valence-electron chi connectivity index (χ2n) is 4.37. The number of hydrogen-bond acceptors (Lipinski definition) is 3. The van der Waals surface area contributed by atoms with E-state index in [0.29, 0.717) is 6.54 Å². The molecule has 5 heteroatoms. The zero-order valence-electron chi connectivity index (χ0n) is 9.63. The van der Waals surface area contributed by atoms with Crippen LogP contribution in [0.2, 0.25) is 0 Å². The zero-order valence-corrected chi connectivity index (χ0v) is 11.2. The Hall–Kier alpha value is -0.390. The quantitative estimate of drug-likeness (QED) is 0.872. The van der Waals surface area contributed by atoms with Crippen molar-refractivity contribution in [2.45, 2.75) is 32.9 Å². The van der Waals surface area contributed by atoms with E-state index in [1.165, 1.54) is 0 Å². The molecule has 1 aromatic heterocycles. The van der Waals surface area contributed by atoms with Crippen LogP contribution in [0.4, 0.5) is 0 Å². The van der Waals surface area contributed by atoms with Gasteiger partial charge in [-0.05, 0) is 36.7 Å². The first-order valence-corrected chi connectivity index (χ1v) is 5.70. The van der Waals surface area contributed by atoms with Crippen molar-refractivity contribution in [1.82, 2.24) is 15.1 Å². The van der Waals surface area contributed by atoms with Crippen LogP contribution >= 0.6 is 15.9 Å². The number of nitrogens with zero attached hydrogens (tertiary/aromatic N) is 2. The zero-order chi connectivity index (χ0) is 11.6. The third kappa shape index (κ3) is 3.03. The summed E-state index contributed by atoms with van der Waals surface area (Å²) in [6, 6.07) is 0. The normalized spacial score (nSPS) is 12.1. The third-order valence-corrected chi connectivity index (χ3v) is 3.42. The Labute approximate surface area is 98.8 Å². The van der Waals surface area contributed by atoms with Gasteiger partial charge in [0.15, 0.2) is 0 Å². The number of aliphatic hydroxyl groups excluding tert-OH is 1. The first-order chi connectivity index (χ1) is 6.87. The van der Waals surface area contributed by atoms with Crippen LogP contribution in [0, 0.1) is 6.92 Å². The number of nitrogens with one attached hydrogen (secondary N) is 1. The van der Waals surface area contributed by atoms with Crippen LogP contribution in [0.15, 0.2) is 4.47 Å². The summed E-state index contributed by atoms with van der Waals surface area (Å²) >= 11 is 3.50. The van der Waals surface area contributed by atoms with Gasteiger partial charge in [0, 0.05) is 19.1 Å². The molecular weight excluding hydrogens is 258 g/mol. The second kappa shape index (κ2) is 4.63. The molecule has 0 amide bonds. The highest BCUT2D eigenvalue weighted by Gasteiger charge is 2.17. The Bertz CT molecular complexity index is 347. The van der Waals surface area contributed by atoms with E-state index in [0.717, 1.165) is 15.9 Å². The van der Waals surface area contributed by atoms with Crippen LogP contribution in [-0.4, -0.2) is 27.0 Å².